The number of carbonyl (C=O) groups excluding carboxylic acids is 2. The minimum absolute atomic E-state index is 0.0280. The van der Waals surface area contributed by atoms with Crippen LogP contribution in [0.25, 0.3) is 5.69 Å². The van der Waals surface area contributed by atoms with Gasteiger partial charge in [0.15, 0.2) is 10.9 Å². The highest BCUT2D eigenvalue weighted by Gasteiger charge is 2.30. The van der Waals surface area contributed by atoms with Crippen LogP contribution < -0.4 is 5.73 Å². The molecule has 4 rings (SSSR count). The van der Waals surface area contributed by atoms with E-state index in [2.05, 4.69) is 10.2 Å². The number of nitrogens with zero attached hydrogens (tertiary/aromatic N) is 4. The Morgan fingerprint density at radius 2 is 2.00 bits per heavy atom. The van der Waals surface area contributed by atoms with Gasteiger partial charge in [-0.2, -0.15) is 0 Å². The third-order valence-electron chi connectivity index (χ3n) is 5.50. The third-order valence-corrected chi connectivity index (χ3v) is 6.75. The minimum Gasteiger partial charge on any atom is -0.370 e. The predicted molar refractivity (Wildman–Crippen MR) is 121 cm³/mol. The third kappa shape index (κ3) is 4.59. The molecule has 32 heavy (non-hydrogen) atoms. The Hall–Kier alpha value is -2.65. The van der Waals surface area contributed by atoms with Crippen molar-refractivity contribution in [2.45, 2.75) is 50.7 Å². The van der Waals surface area contributed by atoms with Crippen molar-refractivity contribution in [1.82, 2.24) is 19.3 Å². The summed E-state index contributed by atoms with van der Waals surface area (Å²) in [6, 6.07) is 6.30. The molecule has 2 aromatic heterocycles. The molecule has 0 atom stereocenters. The minimum atomic E-state index is -0.489. The van der Waals surface area contributed by atoms with Gasteiger partial charge in [0.1, 0.15) is 11.6 Å². The van der Waals surface area contributed by atoms with Crippen molar-refractivity contribution in [3.63, 3.8) is 0 Å². The van der Waals surface area contributed by atoms with Crippen LogP contribution in [0.15, 0.2) is 29.4 Å². The molecule has 2 N–H and O–H groups in total. The van der Waals surface area contributed by atoms with E-state index < -0.39 is 5.82 Å². The van der Waals surface area contributed by atoms with Gasteiger partial charge in [-0.05, 0) is 51.0 Å². The molecule has 168 valence electrons. The molecule has 0 saturated heterocycles. The molecule has 0 radical (unpaired) electrons. The molecule has 1 aliphatic rings. The average Bonchev–Trinajstić information content (AvgIpc) is 3.44. The van der Waals surface area contributed by atoms with E-state index in [0.29, 0.717) is 28.9 Å². The number of aromatic nitrogens is 4. The van der Waals surface area contributed by atoms with Crippen LogP contribution in [-0.2, 0) is 11.3 Å². The van der Waals surface area contributed by atoms with Crippen molar-refractivity contribution in [2.24, 2.45) is 5.73 Å². The second-order valence-corrected chi connectivity index (χ2v) is 9.26. The molecule has 0 aliphatic heterocycles. The number of ketones is 1. The number of aryl methyl sites for hydroxylation is 1. The molecule has 1 saturated carbocycles. The molecular formula is C22H23ClFN5O2S. The second-order valence-electron chi connectivity index (χ2n) is 7.91. The van der Waals surface area contributed by atoms with Crippen molar-refractivity contribution in [1.29, 1.82) is 0 Å². The summed E-state index contributed by atoms with van der Waals surface area (Å²) in [5.41, 5.74) is 8.19. The Bertz CT molecular complexity index is 1200. The maximum absolute atomic E-state index is 13.6. The fraction of sp³-hybridized carbons (Fsp3) is 0.364. The summed E-state index contributed by atoms with van der Waals surface area (Å²) in [7, 11) is 0. The quantitative estimate of drug-likeness (QED) is 0.369. The standard InChI is InChI=1S/C22H23ClFN5O2S/c1-12-9-16(13(2)29(12)15-5-6-18(24)17(23)10-15)19(30)11-32-22-27-26-21(14-3-4-14)28(22)8-7-20(25)31/h5-6,9-10,14H,3-4,7-8,11H2,1-2H3,(H2,25,31). The lowest BCUT2D eigenvalue weighted by molar-refractivity contribution is -0.118. The van der Waals surface area contributed by atoms with Crippen LogP contribution in [0.1, 0.15) is 52.8 Å². The zero-order valence-electron chi connectivity index (χ0n) is 17.8. The van der Waals surface area contributed by atoms with Crippen LogP contribution in [0.4, 0.5) is 4.39 Å². The normalized spacial score (nSPS) is 13.5. The maximum atomic E-state index is 13.6. The summed E-state index contributed by atoms with van der Waals surface area (Å²) in [4.78, 5) is 24.3. The Kier molecular flexibility index (Phi) is 6.39. The number of halogens is 2. The van der Waals surface area contributed by atoms with E-state index in [1.807, 2.05) is 29.0 Å². The highest BCUT2D eigenvalue weighted by atomic mass is 35.5. The van der Waals surface area contributed by atoms with Crippen LogP contribution in [0.2, 0.25) is 5.02 Å². The molecular weight excluding hydrogens is 453 g/mol. The molecule has 0 unspecified atom stereocenters. The van der Waals surface area contributed by atoms with Crippen molar-refractivity contribution < 1.29 is 14.0 Å². The number of hydrogen-bond acceptors (Lipinski definition) is 5. The second kappa shape index (κ2) is 9.07. The number of nitrogens with two attached hydrogens (primary N) is 1. The van der Waals surface area contributed by atoms with Gasteiger partial charge in [-0.15, -0.1) is 10.2 Å². The molecule has 3 aromatic rings. The number of carbonyl (C=O) groups is 2. The molecule has 1 fully saturated rings. The first kappa shape index (κ1) is 22.5. The van der Waals surface area contributed by atoms with E-state index in [-0.39, 0.29) is 28.9 Å². The molecule has 7 nitrogen and oxygen atoms in total. The maximum Gasteiger partial charge on any atom is 0.219 e. The van der Waals surface area contributed by atoms with Crippen LogP contribution in [0, 0.1) is 19.7 Å². The van der Waals surface area contributed by atoms with Crippen molar-refractivity contribution in [2.75, 3.05) is 5.75 Å². The van der Waals surface area contributed by atoms with Gasteiger partial charge >= 0.3 is 0 Å². The molecule has 1 aromatic carbocycles. The Labute approximate surface area is 194 Å². The van der Waals surface area contributed by atoms with Crippen molar-refractivity contribution >= 4 is 35.1 Å². The van der Waals surface area contributed by atoms with Gasteiger partial charge in [0.2, 0.25) is 5.91 Å². The van der Waals surface area contributed by atoms with Gasteiger partial charge in [0.05, 0.1) is 10.8 Å². The largest absolute Gasteiger partial charge is 0.370 e. The molecule has 1 aliphatic carbocycles. The topological polar surface area (TPSA) is 95.8 Å². The van der Waals surface area contributed by atoms with Crippen LogP contribution in [-0.4, -0.2) is 36.8 Å². The van der Waals surface area contributed by atoms with Crippen LogP contribution in [0.3, 0.4) is 0 Å². The predicted octanol–water partition coefficient (Wildman–Crippen LogP) is 4.21. The molecule has 0 bridgehead atoms. The number of Topliss-reactive ketones (excluding diaryl/α,β-unsaturated/α-hetero) is 1. The Morgan fingerprint density at radius 3 is 2.66 bits per heavy atom. The number of benzene rings is 1. The van der Waals surface area contributed by atoms with Gasteiger partial charge in [-0.1, -0.05) is 23.4 Å². The number of thioether (sulfide) groups is 1. The summed E-state index contributed by atoms with van der Waals surface area (Å²) in [5, 5.41) is 9.17. The first-order valence-electron chi connectivity index (χ1n) is 10.3. The summed E-state index contributed by atoms with van der Waals surface area (Å²) in [5.74, 6) is 0.459. The molecule has 2 heterocycles. The van der Waals surface area contributed by atoms with Gasteiger partial charge < -0.3 is 14.9 Å². The van der Waals surface area contributed by atoms with Gasteiger partial charge in [0.25, 0.3) is 0 Å². The Balaban J connectivity index is 1.53. The van der Waals surface area contributed by atoms with Gasteiger partial charge in [-0.25, -0.2) is 4.39 Å². The Morgan fingerprint density at radius 1 is 1.25 bits per heavy atom. The summed E-state index contributed by atoms with van der Waals surface area (Å²) < 4.78 is 17.3. The lowest BCUT2D eigenvalue weighted by atomic mass is 10.2. The zero-order chi connectivity index (χ0) is 23.0. The number of amides is 1. The molecule has 0 spiro atoms. The molecule has 1 amide bonds. The van der Waals surface area contributed by atoms with Crippen LogP contribution in [0.5, 0.6) is 0 Å². The first-order chi connectivity index (χ1) is 15.3. The number of hydrogen-bond donors (Lipinski definition) is 1. The van der Waals surface area contributed by atoms with Gasteiger partial charge in [0, 0.05) is 41.5 Å². The van der Waals surface area contributed by atoms with Crippen LogP contribution >= 0.6 is 23.4 Å². The average molecular weight is 476 g/mol. The number of primary amides is 1. The van der Waals surface area contributed by atoms with E-state index in [4.69, 9.17) is 17.3 Å². The van der Waals surface area contributed by atoms with E-state index in [1.54, 1.807) is 12.1 Å². The fourth-order valence-corrected chi connectivity index (χ4v) is 4.79. The molecule has 10 heteroatoms. The van der Waals surface area contributed by atoms with Crippen molar-refractivity contribution in [3.05, 3.63) is 57.9 Å². The van der Waals surface area contributed by atoms with E-state index in [9.17, 15) is 14.0 Å². The first-order valence-corrected chi connectivity index (χ1v) is 11.6. The highest BCUT2D eigenvalue weighted by Crippen LogP contribution is 2.40. The zero-order valence-corrected chi connectivity index (χ0v) is 19.3. The highest BCUT2D eigenvalue weighted by molar-refractivity contribution is 7.99. The SMILES string of the molecule is Cc1cc(C(=O)CSc2nnc(C3CC3)n2CCC(N)=O)c(C)n1-c1ccc(F)c(Cl)c1. The summed E-state index contributed by atoms with van der Waals surface area (Å²) >= 11 is 7.24. The van der Waals surface area contributed by atoms with Crippen molar-refractivity contribution in [3.8, 4) is 5.69 Å². The summed E-state index contributed by atoms with van der Waals surface area (Å²) in [6.45, 7) is 4.14. The lowest BCUT2D eigenvalue weighted by Crippen LogP contribution is -2.16. The smallest absolute Gasteiger partial charge is 0.219 e. The van der Waals surface area contributed by atoms with E-state index in [1.165, 1.54) is 17.8 Å². The van der Waals surface area contributed by atoms with E-state index >= 15 is 0 Å². The number of rotatable bonds is 9. The van der Waals surface area contributed by atoms with E-state index in [0.717, 1.165) is 30.1 Å². The monoisotopic (exact) mass is 475 g/mol. The summed E-state index contributed by atoms with van der Waals surface area (Å²) in [6.07, 6.45) is 2.30. The fourth-order valence-electron chi connectivity index (χ4n) is 3.76. The van der Waals surface area contributed by atoms with Gasteiger partial charge in [-0.3, -0.25) is 9.59 Å². The lowest BCUT2D eigenvalue weighted by Gasteiger charge is -2.11.